The van der Waals surface area contributed by atoms with Crippen LogP contribution in [0.1, 0.15) is 58.1 Å². The number of nitrogens with one attached hydrogen (secondary N) is 1. The highest BCUT2D eigenvalue weighted by Gasteiger charge is 2.27. The molecule has 0 spiro atoms. The van der Waals surface area contributed by atoms with E-state index in [9.17, 15) is 9.59 Å². The molecular weight excluding hydrogens is 412 g/mol. The van der Waals surface area contributed by atoms with Crippen LogP contribution in [0.5, 0.6) is 5.75 Å². The monoisotopic (exact) mass is 444 g/mol. The van der Waals surface area contributed by atoms with Gasteiger partial charge in [-0.15, -0.1) is 0 Å². The number of carbonyl (C=O) groups is 2. The van der Waals surface area contributed by atoms with Crippen molar-refractivity contribution < 1.29 is 14.3 Å². The first kappa shape index (κ1) is 24.7. The molecule has 0 unspecified atom stereocenters. The van der Waals surface area contributed by atoms with Gasteiger partial charge in [-0.25, -0.2) is 0 Å². The van der Waals surface area contributed by atoms with Gasteiger partial charge in [0.15, 0.2) is 6.61 Å². The number of hydrogen-bond acceptors (Lipinski definition) is 3. The molecule has 31 heavy (non-hydrogen) atoms. The number of halogens is 1. The van der Waals surface area contributed by atoms with Gasteiger partial charge in [-0.1, -0.05) is 62.7 Å². The van der Waals surface area contributed by atoms with Crippen LogP contribution in [0.2, 0.25) is 5.02 Å². The first-order chi connectivity index (χ1) is 14.7. The SMILES string of the molecule is CC[C@H](C)NC(=O)[C@H](C)N(Cc1ccc(Cl)cc1)C(=O)COc1ccccc1C(C)C. The average Bonchev–Trinajstić information content (AvgIpc) is 2.76. The first-order valence-electron chi connectivity index (χ1n) is 10.8. The second-order valence-electron chi connectivity index (χ2n) is 8.12. The van der Waals surface area contributed by atoms with Gasteiger partial charge in [0.2, 0.25) is 5.91 Å². The maximum absolute atomic E-state index is 13.2. The van der Waals surface area contributed by atoms with Gasteiger partial charge in [0.25, 0.3) is 5.91 Å². The summed E-state index contributed by atoms with van der Waals surface area (Å²) in [6, 6.07) is 14.4. The Kier molecular flexibility index (Phi) is 9.38. The van der Waals surface area contributed by atoms with E-state index in [1.165, 1.54) is 0 Å². The molecule has 0 aliphatic rings. The van der Waals surface area contributed by atoms with Gasteiger partial charge in [0.05, 0.1) is 0 Å². The third-order valence-electron chi connectivity index (χ3n) is 5.33. The number of hydrogen-bond donors (Lipinski definition) is 1. The van der Waals surface area contributed by atoms with E-state index in [-0.39, 0.29) is 30.4 Å². The van der Waals surface area contributed by atoms with Crippen LogP contribution in [0.15, 0.2) is 48.5 Å². The number of rotatable bonds is 10. The highest BCUT2D eigenvalue weighted by atomic mass is 35.5. The predicted molar refractivity (Wildman–Crippen MR) is 125 cm³/mol. The molecule has 0 radical (unpaired) electrons. The maximum Gasteiger partial charge on any atom is 0.261 e. The maximum atomic E-state index is 13.2. The second kappa shape index (κ2) is 11.8. The number of benzene rings is 2. The molecule has 0 saturated heterocycles. The molecule has 0 aliphatic heterocycles. The summed E-state index contributed by atoms with van der Waals surface area (Å²) in [4.78, 5) is 27.5. The lowest BCUT2D eigenvalue weighted by atomic mass is 10.0. The molecule has 0 aromatic heterocycles. The van der Waals surface area contributed by atoms with Crippen LogP contribution in [0.25, 0.3) is 0 Å². The van der Waals surface area contributed by atoms with Crippen molar-refractivity contribution in [1.82, 2.24) is 10.2 Å². The third kappa shape index (κ3) is 7.28. The molecule has 2 atom stereocenters. The fraction of sp³-hybridized carbons (Fsp3) is 0.440. The van der Waals surface area contributed by atoms with E-state index >= 15 is 0 Å². The molecule has 6 heteroatoms. The third-order valence-corrected chi connectivity index (χ3v) is 5.58. The smallest absolute Gasteiger partial charge is 0.261 e. The number of amides is 2. The van der Waals surface area contributed by atoms with E-state index in [1.807, 2.05) is 50.2 Å². The number of ether oxygens (including phenoxy) is 1. The van der Waals surface area contributed by atoms with Gasteiger partial charge in [0.1, 0.15) is 11.8 Å². The Bertz CT molecular complexity index is 867. The largest absolute Gasteiger partial charge is 0.483 e. The average molecular weight is 445 g/mol. The molecule has 2 aromatic rings. The summed E-state index contributed by atoms with van der Waals surface area (Å²) in [7, 11) is 0. The van der Waals surface area contributed by atoms with Crippen LogP contribution in [-0.4, -0.2) is 35.4 Å². The topological polar surface area (TPSA) is 58.6 Å². The molecule has 0 heterocycles. The normalized spacial score (nSPS) is 12.9. The number of carbonyl (C=O) groups excluding carboxylic acids is 2. The van der Waals surface area contributed by atoms with Crippen molar-refractivity contribution in [3.63, 3.8) is 0 Å². The standard InChI is InChI=1S/C25H33ClN2O3/c1-6-18(4)27-25(30)19(5)28(15-20-11-13-21(26)14-12-20)24(29)16-31-23-10-8-7-9-22(23)17(2)3/h7-14,17-19H,6,15-16H2,1-5H3,(H,27,30)/t18-,19-/m0/s1. The first-order valence-corrected chi connectivity index (χ1v) is 11.2. The van der Waals surface area contributed by atoms with Crippen LogP contribution in [0, 0.1) is 0 Å². The lowest BCUT2D eigenvalue weighted by Gasteiger charge is -2.29. The summed E-state index contributed by atoms with van der Waals surface area (Å²) >= 11 is 5.99. The van der Waals surface area contributed by atoms with Crippen molar-refractivity contribution in [2.75, 3.05) is 6.61 Å². The van der Waals surface area contributed by atoms with Crippen molar-refractivity contribution in [3.8, 4) is 5.75 Å². The number of nitrogens with zero attached hydrogens (tertiary/aromatic N) is 1. The van der Waals surface area contributed by atoms with E-state index in [2.05, 4.69) is 19.2 Å². The van der Waals surface area contributed by atoms with Gasteiger partial charge in [-0.2, -0.15) is 0 Å². The number of para-hydroxylation sites is 1. The van der Waals surface area contributed by atoms with E-state index in [0.717, 1.165) is 17.5 Å². The molecule has 2 amide bonds. The van der Waals surface area contributed by atoms with E-state index < -0.39 is 6.04 Å². The van der Waals surface area contributed by atoms with Crippen molar-refractivity contribution in [3.05, 3.63) is 64.7 Å². The summed E-state index contributed by atoms with van der Waals surface area (Å²) in [6.45, 7) is 10.0. The minimum Gasteiger partial charge on any atom is -0.483 e. The molecule has 168 valence electrons. The Morgan fingerprint density at radius 3 is 2.29 bits per heavy atom. The van der Waals surface area contributed by atoms with Crippen LogP contribution < -0.4 is 10.1 Å². The van der Waals surface area contributed by atoms with Gasteiger partial charge < -0.3 is 15.0 Å². The summed E-state index contributed by atoms with van der Waals surface area (Å²) < 4.78 is 5.89. The second-order valence-corrected chi connectivity index (χ2v) is 8.56. The van der Waals surface area contributed by atoms with Gasteiger partial charge in [-0.05, 0) is 55.5 Å². The van der Waals surface area contributed by atoms with Crippen molar-refractivity contribution in [2.24, 2.45) is 0 Å². The Morgan fingerprint density at radius 2 is 1.68 bits per heavy atom. The highest BCUT2D eigenvalue weighted by Crippen LogP contribution is 2.26. The molecule has 1 N–H and O–H groups in total. The summed E-state index contributed by atoms with van der Waals surface area (Å²) in [5, 5.41) is 3.59. The Morgan fingerprint density at radius 1 is 1.03 bits per heavy atom. The minimum atomic E-state index is -0.638. The van der Waals surface area contributed by atoms with Crippen LogP contribution in [0.3, 0.4) is 0 Å². The zero-order valence-electron chi connectivity index (χ0n) is 19.0. The molecule has 0 saturated carbocycles. The highest BCUT2D eigenvalue weighted by molar-refractivity contribution is 6.30. The lowest BCUT2D eigenvalue weighted by molar-refractivity contribution is -0.142. The Hall–Kier alpha value is -2.53. The fourth-order valence-corrected chi connectivity index (χ4v) is 3.27. The molecule has 0 aliphatic carbocycles. The fourth-order valence-electron chi connectivity index (χ4n) is 3.15. The molecule has 2 rings (SSSR count). The molecule has 0 fully saturated rings. The van der Waals surface area contributed by atoms with E-state index in [4.69, 9.17) is 16.3 Å². The quantitative estimate of drug-likeness (QED) is 0.549. The van der Waals surface area contributed by atoms with E-state index in [0.29, 0.717) is 17.3 Å². The van der Waals surface area contributed by atoms with Gasteiger partial charge >= 0.3 is 0 Å². The van der Waals surface area contributed by atoms with Gasteiger partial charge in [0, 0.05) is 17.6 Å². The van der Waals surface area contributed by atoms with Crippen LogP contribution in [0.4, 0.5) is 0 Å². The zero-order valence-corrected chi connectivity index (χ0v) is 19.8. The predicted octanol–water partition coefficient (Wildman–Crippen LogP) is 5.17. The summed E-state index contributed by atoms with van der Waals surface area (Å²) in [6.07, 6.45) is 0.818. The van der Waals surface area contributed by atoms with Crippen molar-refractivity contribution in [1.29, 1.82) is 0 Å². The molecule has 2 aromatic carbocycles. The Labute approximate surface area is 190 Å². The summed E-state index contributed by atoms with van der Waals surface area (Å²) in [5.74, 6) is 0.533. The van der Waals surface area contributed by atoms with E-state index in [1.54, 1.807) is 24.0 Å². The molecule has 0 bridgehead atoms. The van der Waals surface area contributed by atoms with Crippen LogP contribution in [-0.2, 0) is 16.1 Å². The Balaban J connectivity index is 2.19. The lowest BCUT2D eigenvalue weighted by Crippen LogP contribution is -2.50. The molecular formula is C25H33ClN2O3. The summed E-state index contributed by atoms with van der Waals surface area (Å²) in [5.41, 5.74) is 1.94. The van der Waals surface area contributed by atoms with Crippen molar-refractivity contribution >= 4 is 23.4 Å². The van der Waals surface area contributed by atoms with Gasteiger partial charge in [-0.3, -0.25) is 9.59 Å². The zero-order chi connectivity index (χ0) is 23.0. The molecule has 5 nitrogen and oxygen atoms in total. The van der Waals surface area contributed by atoms with Crippen LogP contribution >= 0.6 is 11.6 Å². The van der Waals surface area contributed by atoms with Crippen molar-refractivity contribution in [2.45, 2.75) is 65.6 Å². The minimum absolute atomic E-state index is 0.0385.